The van der Waals surface area contributed by atoms with Crippen LogP contribution in [-0.4, -0.2) is 54.8 Å². The van der Waals surface area contributed by atoms with Crippen LogP contribution >= 0.6 is 0 Å². The summed E-state index contributed by atoms with van der Waals surface area (Å²) in [5, 5.41) is 9.70. The van der Waals surface area contributed by atoms with Crippen LogP contribution in [-0.2, 0) is 33.1 Å². The number of benzene rings is 2. The average Bonchev–Trinajstić information content (AvgIpc) is 3.36. The largest absolute Gasteiger partial charge is 0.484 e. The van der Waals surface area contributed by atoms with Gasteiger partial charge in [0.25, 0.3) is 5.91 Å². The molecular weight excluding hydrogens is 563 g/mol. The van der Waals surface area contributed by atoms with E-state index >= 15 is 0 Å². The third kappa shape index (κ3) is 5.37. The van der Waals surface area contributed by atoms with E-state index < -0.39 is 57.4 Å². The van der Waals surface area contributed by atoms with Crippen LogP contribution < -0.4 is 15.4 Å². The van der Waals surface area contributed by atoms with Crippen molar-refractivity contribution in [2.45, 2.75) is 31.1 Å². The molecule has 15 heteroatoms. The number of ether oxygens (including phenoxy) is 1. The minimum Gasteiger partial charge on any atom is -0.484 e. The average molecular weight is 585 g/mol. The molecule has 5 rings (SSSR count). The van der Waals surface area contributed by atoms with Gasteiger partial charge in [0, 0.05) is 11.8 Å². The molecule has 212 valence electrons. The van der Waals surface area contributed by atoms with Gasteiger partial charge in [-0.05, 0) is 54.3 Å². The van der Waals surface area contributed by atoms with Crippen LogP contribution in [0.4, 0.5) is 27.6 Å². The smallest absolute Gasteiger partial charge is 0.422 e. The van der Waals surface area contributed by atoms with Crippen molar-refractivity contribution in [1.29, 1.82) is 0 Å². The number of fused-ring (bicyclic) bond motifs is 3. The first-order valence-electron chi connectivity index (χ1n) is 11.8. The van der Waals surface area contributed by atoms with Gasteiger partial charge in [-0.25, -0.2) is 17.2 Å². The molecule has 2 aromatic carbocycles. The molecule has 2 amide bonds. The number of amides is 2. The lowest BCUT2D eigenvalue weighted by Gasteiger charge is -2.36. The Balaban J connectivity index is 1.54. The molecule has 1 aromatic heterocycles. The summed E-state index contributed by atoms with van der Waals surface area (Å²) >= 11 is 0. The third-order valence-corrected chi connectivity index (χ3v) is 7.39. The summed E-state index contributed by atoms with van der Waals surface area (Å²) in [5.41, 5.74) is -0.0797. The normalized spacial score (nSPS) is 18.3. The van der Waals surface area contributed by atoms with Crippen LogP contribution in [0.5, 0.6) is 5.75 Å². The minimum atomic E-state index is -4.51. The highest BCUT2D eigenvalue weighted by Crippen LogP contribution is 2.44. The molecule has 1 atom stereocenters. The second-order valence-corrected chi connectivity index (χ2v) is 11.9. The van der Waals surface area contributed by atoms with E-state index in [1.54, 1.807) is 6.07 Å². The Morgan fingerprint density at radius 3 is 2.60 bits per heavy atom. The second-order valence-electron chi connectivity index (χ2n) is 9.74. The Labute approximate surface area is 224 Å². The Morgan fingerprint density at radius 2 is 1.93 bits per heavy atom. The van der Waals surface area contributed by atoms with Gasteiger partial charge in [-0.2, -0.15) is 18.3 Å². The molecule has 0 saturated carbocycles. The molecule has 40 heavy (non-hydrogen) atoms. The third-order valence-electron chi connectivity index (χ3n) is 6.61. The highest BCUT2D eigenvalue weighted by atomic mass is 32.2. The first kappa shape index (κ1) is 27.6. The molecule has 3 aromatic rings. The van der Waals surface area contributed by atoms with Gasteiger partial charge in [-0.3, -0.25) is 14.3 Å². The number of aryl methyl sites for hydroxylation is 1. The molecule has 0 radical (unpaired) electrons. The van der Waals surface area contributed by atoms with Crippen LogP contribution in [0.2, 0.25) is 0 Å². The first-order valence-corrected chi connectivity index (χ1v) is 13.9. The van der Waals surface area contributed by atoms with E-state index in [0.717, 1.165) is 18.4 Å². The number of aromatic nitrogens is 2. The van der Waals surface area contributed by atoms with E-state index in [-0.39, 0.29) is 34.9 Å². The number of carbonyl (C=O) groups excluding carboxylic acids is 2. The molecule has 2 heterocycles. The maximum Gasteiger partial charge on any atom is 0.422 e. The Kier molecular flexibility index (Phi) is 6.59. The number of anilines is 1. The minimum absolute atomic E-state index is 0.0199. The number of nitrogens with one attached hydrogen (secondary N) is 2. The van der Waals surface area contributed by atoms with Gasteiger partial charge in [0.1, 0.15) is 22.9 Å². The SMILES string of the molecule is CS(=O)(=O)CC(=O)Nc1c(-c2ccc(F)c(F)c2)nn2c1C(=O)N[C@@]1(CCc3cc(OCC(F)(F)F)ccc31)C2. The number of alkyl halides is 3. The lowest BCUT2D eigenvalue weighted by molar-refractivity contribution is -0.153. The van der Waals surface area contributed by atoms with Crippen molar-refractivity contribution in [2.75, 3.05) is 23.9 Å². The zero-order valence-corrected chi connectivity index (χ0v) is 21.5. The highest BCUT2D eigenvalue weighted by molar-refractivity contribution is 7.91. The number of hydrogen-bond acceptors (Lipinski definition) is 6. The predicted molar refractivity (Wildman–Crippen MR) is 131 cm³/mol. The van der Waals surface area contributed by atoms with Gasteiger partial charge in [-0.1, -0.05) is 6.07 Å². The Bertz CT molecular complexity index is 1650. The summed E-state index contributed by atoms with van der Waals surface area (Å²) in [5.74, 6) is -4.86. The molecule has 2 aliphatic rings. The van der Waals surface area contributed by atoms with Gasteiger partial charge >= 0.3 is 6.18 Å². The summed E-state index contributed by atoms with van der Waals surface area (Å²) in [6.45, 7) is -1.42. The van der Waals surface area contributed by atoms with Gasteiger partial charge in [0.2, 0.25) is 5.91 Å². The summed E-state index contributed by atoms with van der Waals surface area (Å²) in [6.07, 6.45) is -2.88. The van der Waals surface area contributed by atoms with Crippen LogP contribution in [0, 0.1) is 11.6 Å². The maximum absolute atomic E-state index is 14.1. The van der Waals surface area contributed by atoms with Crippen LogP contribution in [0.25, 0.3) is 11.3 Å². The van der Waals surface area contributed by atoms with Crippen LogP contribution in [0.15, 0.2) is 36.4 Å². The van der Waals surface area contributed by atoms with Crippen LogP contribution in [0.3, 0.4) is 0 Å². The fourth-order valence-corrected chi connectivity index (χ4v) is 5.58. The highest BCUT2D eigenvalue weighted by Gasteiger charge is 2.46. The number of sulfone groups is 1. The van der Waals surface area contributed by atoms with Gasteiger partial charge in [0.15, 0.2) is 33.8 Å². The monoisotopic (exact) mass is 584 g/mol. The van der Waals surface area contributed by atoms with Crippen molar-refractivity contribution in [3.8, 4) is 17.0 Å². The Hall–Kier alpha value is -4.01. The van der Waals surface area contributed by atoms with E-state index in [4.69, 9.17) is 4.74 Å². The van der Waals surface area contributed by atoms with Crippen molar-refractivity contribution in [2.24, 2.45) is 0 Å². The molecule has 0 saturated heterocycles. The second kappa shape index (κ2) is 9.57. The quantitative estimate of drug-likeness (QED) is 0.429. The molecule has 1 spiro atoms. The van der Waals surface area contributed by atoms with E-state index in [1.165, 1.54) is 22.9 Å². The molecule has 9 nitrogen and oxygen atoms in total. The van der Waals surface area contributed by atoms with Crippen molar-refractivity contribution in [3.05, 3.63) is 64.9 Å². The number of hydrogen-bond donors (Lipinski definition) is 2. The van der Waals surface area contributed by atoms with Crippen molar-refractivity contribution >= 4 is 27.3 Å². The maximum atomic E-state index is 14.1. The molecule has 0 bridgehead atoms. The molecule has 2 N–H and O–H groups in total. The number of halogens is 5. The fraction of sp³-hybridized carbons (Fsp3) is 0.320. The summed E-state index contributed by atoms with van der Waals surface area (Å²) < 4.78 is 94.8. The number of rotatable bonds is 6. The van der Waals surface area contributed by atoms with E-state index in [2.05, 4.69) is 15.7 Å². The Morgan fingerprint density at radius 1 is 1.18 bits per heavy atom. The first-order chi connectivity index (χ1) is 18.6. The van der Waals surface area contributed by atoms with Crippen molar-refractivity contribution in [1.82, 2.24) is 15.1 Å². The molecule has 1 aliphatic heterocycles. The zero-order valence-electron chi connectivity index (χ0n) is 20.7. The van der Waals surface area contributed by atoms with Crippen molar-refractivity contribution < 1.29 is 44.7 Å². The predicted octanol–water partition coefficient (Wildman–Crippen LogP) is 3.34. The number of carbonyl (C=O) groups is 2. The van der Waals surface area contributed by atoms with Gasteiger partial charge in [0.05, 0.1) is 12.1 Å². The van der Waals surface area contributed by atoms with E-state index in [0.29, 0.717) is 24.0 Å². The van der Waals surface area contributed by atoms with Gasteiger partial charge in [-0.15, -0.1) is 0 Å². The standard InChI is InChI=1S/C25H21F5N4O5S/c1-40(37,38)10-19(35)31-21-20(14-2-5-17(26)18(27)9-14)33-34-11-24(32-23(36)22(21)34)7-6-13-8-15(3-4-16(13)24)39-12-25(28,29)30/h2-5,8-9H,6-7,10-12H2,1H3,(H,31,35)(H,32,36)/t24-/m0/s1. The summed E-state index contributed by atoms with van der Waals surface area (Å²) in [4.78, 5) is 26.0. The molecule has 1 aliphatic carbocycles. The lowest BCUT2D eigenvalue weighted by atomic mass is 9.89. The summed E-state index contributed by atoms with van der Waals surface area (Å²) in [7, 11) is -3.74. The molecular formula is C25H21F5N4O5S. The van der Waals surface area contributed by atoms with Crippen molar-refractivity contribution in [3.63, 3.8) is 0 Å². The zero-order chi connectivity index (χ0) is 29.0. The fourth-order valence-electron chi connectivity index (χ4n) is 5.03. The topological polar surface area (TPSA) is 119 Å². The van der Waals surface area contributed by atoms with Gasteiger partial charge < -0.3 is 15.4 Å². The summed E-state index contributed by atoms with van der Waals surface area (Å²) in [6, 6.07) is 7.28. The van der Waals surface area contributed by atoms with E-state index in [9.17, 15) is 40.0 Å². The number of nitrogens with zero attached hydrogens (tertiary/aromatic N) is 2. The lowest BCUT2D eigenvalue weighted by Crippen LogP contribution is -2.52. The molecule has 0 unspecified atom stereocenters. The molecule has 0 fully saturated rings. The van der Waals surface area contributed by atoms with E-state index in [1.807, 2.05) is 0 Å². The van der Waals surface area contributed by atoms with Crippen LogP contribution in [0.1, 0.15) is 28.0 Å².